The van der Waals surface area contributed by atoms with Gasteiger partial charge in [-0.3, -0.25) is 0 Å². The molecule has 1 fully saturated rings. The van der Waals surface area contributed by atoms with Crippen LogP contribution in [-0.4, -0.2) is 19.1 Å². The van der Waals surface area contributed by atoms with Crippen LogP contribution in [0.2, 0.25) is 0 Å². The van der Waals surface area contributed by atoms with Gasteiger partial charge in [0.2, 0.25) is 0 Å². The molecule has 0 saturated heterocycles. The smallest absolute Gasteiger partial charge is 0.0107 e. The van der Waals surface area contributed by atoms with Crippen molar-refractivity contribution in [2.24, 2.45) is 23.0 Å². The molecule has 0 aliphatic heterocycles. The van der Waals surface area contributed by atoms with Crippen LogP contribution in [0.15, 0.2) is 0 Å². The first-order valence-corrected chi connectivity index (χ1v) is 6.88. The molecule has 0 amide bonds. The van der Waals surface area contributed by atoms with Crippen molar-refractivity contribution in [2.75, 3.05) is 13.1 Å². The Morgan fingerprint density at radius 2 is 1.88 bits per heavy atom. The first kappa shape index (κ1) is 14.0. The molecule has 1 aliphatic rings. The average molecular weight is 226 g/mol. The van der Waals surface area contributed by atoms with Gasteiger partial charge in [-0.1, -0.05) is 40.5 Å². The summed E-state index contributed by atoms with van der Waals surface area (Å²) in [4.78, 5) is 0. The highest BCUT2D eigenvalue weighted by Gasteiger charge is 2.26. The lowest BCUT2D eigenvalue weighted by Gasteiger charge is -2.35. The van der Waals surface area contributed by atoms with Gasteiger partial charge in [0.05, 0.1) is 0 Å². The summed E-state index contributed by atoms with van der Waals surface area (Å²) in [5.41, 5.74) is 6.25. The predicted octanol–water partition coefficient (Wildman–Crippen LogP) is 2.78. The molecule has 0 bridgehead atoms. The molecular formula is C14H30N2. The first-order valence-electron chi connectivity index (χ1n) is 6.88. The maximum absolute atomic E-state index is 5.85. The van der Waals surface area contributed by atoms with Gasteiger partial charge in [0.25, 0.3) is 0 Å². The lowest BCUT2D eigenvalue weighted by atomic mass is 9.80. The normalized spacial score (nSPS) is 29.1. The molecule has 96 valence electrons. The van der Waals surface area contributed by atoms with Gasteiger partial charge in [0, 0.05) is 6.04 Å². The Morgan fingerprint density at radius 1 is 1.25 bits per heavy atom. The van der Waals surface area contributed by atoms with E-state index in [1.165, 1.54) is 25.7 Å². The summed E-state index contributed by atoms with van der Waals surface area (Å²) in [5, 5.41) is 3.75. The molecule has 3 atom stereocenters. The Hall–Kier alpha value is -0.0800. The molecule has 0 radical (unpaired) electrons. The Morgan fingerprint density at radius 3 is 2.44 bits per heavy atom. The fourth-order valence-corrected chi connectivity index (χ4v) is 2.39. The van der Waals surface area contributed by atoms with Crippen LogP contribution in [-0.2, 0) is 0 Å². The minimum absolute atomic E-state index is 0.403. The van der Waals surface area contributed by atoms with Gasteiger partial charge in [-0.15, -0.1) is 0 Å². The molecule has 0 aromatic heterocycles. The van der Waals surface area contributed by atoms with E-state index in [1.807, 2.05) is 0 Å². The molecule has 0 spiro atoms. The SMILES string of the molecule is CC(CNC1CCCCC1CN)C(C)(C)C. The highest BCUT2D eigenvalue weighted by atomic mass is 14.9. The molecule has 0 aromatic carbocycles. The van der Waals surface area contributed by atoms with Gasteiger partial charge in [0.15, 0.2) is 0 Å². The van der Waals surface area contributed by atoms with Crippen molar-refractivity contribution in [1.29, 1.82) is 0 Å². The summed E-state index contributed by atoms with van der Waals surface area (Å²) < 4.78 is 0. The summed E-state index contributed by atoms with van der Waals surface area (Å²) in [6.45, 7) is 11.3. The fourth-order valence-electron chi connectivity index (χ4n) is 2.39. The van der Waals surface area contributed by atoms with Crippen molar-refractivity contribution in [3.8, 4) is 0 Å². The molecule has 3 unspecified atom stereocenters. The quantitative estimate of drug-likeness (QED) is 0.773. The summed E-state index contributed by atoms with van der Waals surface area (Å²) in [6, 6.07) is 0.670. The standard InChI is InChI=1S/C14H30N2/c1-11(14(2,3)4)10-16-13-8-6-5-7-12(13)9-15/h11-13,16H,5-10,15H2,1-4H3. The third-order valence-corrected chi connectivity index (χ3v) is 4.38. The van der Waals surface area contributed by atoms with Gasteiger partial charge in [-0.25, -0.2) is 0 Å². The molecule has 1 rings (SSSR count). The highest BCUT2D eigenvalue weighted by molar-refractivity contribution is 4.83. The first-order chi connectivity index (χ1) is 7.45. The second kappa shape index (κ2) is 6.02. The predicted molar refractivity (Wildman–Crippen MR) is 71.4 cm³/mol. The minimum atomic E-state index is 0.403. The van der Waals surface area contributed by atoms with Gasteiger partial charge < -0.3 is 11.1 Å². The molecule has 3 N–H and O–H groups in total. The van der Waals surface area contributed by atoms with Crippen molar-refractivity contribution in [2.45, 2.75) is 59.4 Å². The summed E-state index contributed by atoms with van der Waals surface area (Å²) >= 11 is 0. The van der Waals surface area contributed by atoms with E-state index in [4.69, 9.17) is 5.73 Å². The highest BCUT2D eigenvalue weighted by Crippen LogP contribution is 2.27. The molecule has 2 heteroatoms. The van der Waals surface area contributed by atoms with E-state index in [1.54, 1.807) is 0 Å². The third kappa shape index (κ3) is 4.06. The summed E-state index contributed by atoms with van der Waals surface area (Å²) in [7, 11) is 0. The number of nitrogens with one attached hydrogen (secondary N) is 1. The molecule has 1 aliphatic carbocycles. The van der Waals surface area contributed by atoms with E-state index in [-0.39, 0.29) is 0 Å². The van der Waals surface area contributed by atoms with E-state index in [2.05, 4.69) is 33.0 Å². The Labute approximate surface area is 101 Å². The largest absolute Gasteiger partial charge is 0.330 e. The lowest BCUT2D eigenvalue weighted by Crippen LogP contribution is -2.44. The fraction of sp³-hybridized carbons (Fsp3) is 1.00. The molecule has 1 saturated carbocycles. The van der Waals surface area contributed by atoms with E-state index in [0.717, 1.165) is 13.1 Å². The minimum Gasteiger partial charge on any atom is -0.330 e. The number of nitrogens with two attached hydrogens (primary N) is 1. The van der Waals surface area contributed by atoms with Crippen molar-refractivity contribution in [3.05, 3.63) is 0 Å². The van der Waals surface area contributed by atoms with Gasteiger partial charge in [-0.2, -0.15) is 0 Å². The van der Waals surface area contributed by atoms with Crippen LogP contribution in [0.5, 0.6) is 0 Å². The van der Waals surface area contributed by atoms with Crippen LogP contribution in [0.4, 0.5) is 0 Å². The summed E-state index contributed by atoms with van der Waals surface area (Å²) in [6.07, 6.45) is 5.38. The second-order valence-corrected chi connectivity index (χ2v) is 6.56. The van der Waals surface area contributed by atoms with Crippen LogP contribution in [0, 0.1) is 17.3 Å². The Kier molecular flexibility index (Phi) is 5.26. The van der Waals surface area contributed by atoms with Gasteiger partial charge in [0.1, 0.15) is 0 Å². The topological polar surface area (TPSA) is 38.0 Å². The van der Waals surface area contributed by atoms with Crippen molar-refractivity contribution < 1.29 is 0 Å². The average Bonchev–Trinajstić information content (AvgIpc) is 2.24. The monoisotopic (exact) mass is 226 g/mol. The van der Waals surface area contributed by atoms with Crippen LogP contribution in [0.1, 0.15) is 53.4 Å². The van der Waals surface area contributed by atoms with Crippen molar-refractivity contribution in [1.82, 2.24) is 5.32 Å². The lowest BCUT2D eigenvalue weighted by molar-refractivity contribution is 0.210. The zero-order valence-electron chi connectivity index (χ0n) is 11.6. The van der Waals surface area contributed by atoms with Gasteiger partial charge in [-0.05, 0) is 43.2 Å². The van der Waals surface area contributed by atoms with Crippen LogP contribution >= 0.6 is 0 Å². The molecular weight excluding hydrogens is 196 g/mol. The third-order valence-electron chi connectivity index (χ3n) is 4.38. The van der Waals surface area contributed by atoms with E-state index in [9.17, 15) is 0 Å². The number of hydrogen-bond acceptors (Lipinski definition) is 2. The van der Waals surface area contributed by atoms with Crippen LogP contribution in [0.25, 0.3) is 0 Å². The Balaban J connectivity index is 2.35. The van der Waals surface area contributed by atoms with E-state index >= 15 is 0 Å². The van der Waals surface area contributed by atoms with E-state index < -0.39 is 0 Å². The Bertz CT molecular complexity index is 195. The molecule has 16 heavy (non-hydrogen) atoms. The second-order valence-electron chi connectivity index (χ2n) is 6.56. The zero-order valence-corrected chi connectivity index (χ0v) is 11.6. The molecule has 0 aromatic rings. The summed E-state index contributed by atoms with van der Waals surface area (Å²) in [5.74, 6) is 1.42. The number of hydrogen-bond donors (Lipinski definition) is 2. The van der Waals surface area contributed by atoms with Crippen molar-refractivity contribution in [3.63, 3.8) is 0 Å². The zero-order chi connectivity index (χ0) is 12.2. The van der Waals surface area contributed by atoms with E-state index in [0.29, 0.717) is 23.3 Å². The molecule has 2 nitrogen and oxygen atoms in total. The molecule has 0 heterocycles. The maximum Gasteiger partial charge on any atom is 0.0107 e. The van der Waals surface area contributed by atoms with Crippen molar-refractivity contribution >= 4 is 0 Å². The van der Waals surface area contributed by atoms with Gasteiger partial charge >= 0.3 is 0 Å². The van der Waals surface area contributed by atoms with Crippen LogP contribution < -0.4 is 11.1 Å². The van der Waals surface area contributed by atoms with Crippen LogP contribution in [0.3, 0.4) is 0 Å². The maximum atomic E-state index is 5.85. The number of rotatable bonds is 4.